The number of nitrogens with zero attached hydrogens (tertiary/aromatic N) is 2. The summed E-state index contributed by atoms with van der Waals surface area (Å²) in [6.45, 7) is 0. The molecule has 0 amide bonds. The summed E-state index contributed by atoms with van der Waals surface area (Å²) in [5.74, 6) is 0.778. The molecule has 3 fully saturated rings. The first kappa shape index (κ1) is 13.5. The van der Waals surface area contributed by atoms with Crippen molar-refractivity contribution >= 4 is 10.0 Å². The third-order valence-corrected chi connectivity index (χ3v) is 7.30. The van der Waals surface area contributed by atoms with Crippen LogP contribution in [0.5, 0.6) is 5.75 Å². The van der Waals surface area contributed by atoms with Gasteiger partial charge in [0.05, 0.1) is 11.4 Å². The monoisotopic (exact) mass is 308 g/mol. The van der Waals surface area contributed by atoms with Gasteiger partial charge in [-0.3, -0.25) is 4.98 Å². The fourth-order valence-electron chi connectivity index (χ4n) is 3.74. The van der Waals surface area contributed by atoms with Gasteiger partial charge in [-0.05, 0) is 37.8 Å². The summed E-state index contributed by atoms with van der Waals surface area (Å²) in [4.78, 5) is 4.06. The second-order valence-corrected chi connectivity index (χ2v) is 8.48. The zero-order valence-corrected chi connectivity index (χ0v) is 12.7. The van der Waals surface area contributed by atoms with E-state index in [-0.39, 0.29) is 23.4 Å². The van der Waals surface area contributed by atoms with Gasteiger partial charge in [0.15, 0.2) is 0 Å². The lowest BCUT2D eigenvalue weighted by molar-refractivity contribution is 0.0952. The van der Waals surface area contributed by atoms with Gasteiger partial charge >= 0.3 is 0 Å². The summed E-state index contributed by atoms with van der Waals surface area (Å²) in [7, 11) is -3.06. The van der Waals surface area contributed by atoms with Gasteiger partial charge in [0, 0.05) is 31.1 Å². The first-order valence-electron chi connectivity index (χ1n) is 7.73. The highest BCUT2D eigenvalue weighted by atomic mass is 32.2. The molecular formula is C15H20N2O3S. The summed E-state index contributed by atoms with van der Waals surface area (Å²) in [5, 5.41) is -0.101. The van der Waals surface area contributed by atoms with Gasteiger partial charge in [-0.1, -0.05) is 0 Å². The number of pyridine rings is 1. The van der Waals surface area contributed by atoms with Crippen LogP contribution in [0.3, 0.4) is 0 Å². The molecule has 5 nitrogen and oxygen atoms in total. The van der Waals surface area contributed by atoms with Gasteiger partial charge in [0.25, 0.3) is 0 Å². The lowest BCUT2D eigenvalue weighted by Gasteiger charge is -2.37. The van der Waals surface area contributed by atoms with E-state index in [9.17, 15) is 8.42 Å². The molecule has 0 radical (unpaired) electrons. The van der Waals surface area contributed by atoms with E-state index in [4.69, 9.17) is 4.74 Å². The van der Waals surface area contributed by atoms with E-state index >= 15 is 0 Å². The highest BCUT2D eigenvalue weighted by molar-refractivity contribution is 7.90. The van der Waals surface area contributed by atoms with Crippen molar-refractivity contribution in [2.75, 3.05) is 0 Å². The van der Waals surface area contributed by atoms with Gasteiger partial charge in [0.1, 0.15) is 11.9 Å². The van der Waals surface area contributed by atoms with Crippen LogP contribution in [-0.2, 0) is 10.0 Å². The van der Waals surface area contributed by atoms with Crippen molar-refractivity contribution in [3.05, 3.63) is 24.5 Å². The topological polar surface area (TPSA) is 59.5 Å². The van der Waals surface area contributed by atoms with Crippen molar-refractivity contribution in [3.8, 4) is 5.75 Å². The van der Waals surface area contributed by atoms with Crippen molar-refractivity contribution in [3.63, 3.8) is 0 Å². The molecule has 6 heteroatoms. The second-order valence-electron chi connectivity index (χ2n) is 6.36. The second kappa shape index (κ2) is 4.95. The Morgan fingerprint density at radius 3 is 2.43 bits per heavy atom. The molecule has 2 atom stereocenters. The number of hydrogen-bond donors (Lipinski definition) is 0. The number of piperidine rings is 1. The van der Waals surface area contributed by atoms with Gasteiger partial charge in [-0.15, -0.1) is 0 Å². The van der Waals surface area contributed by atoms with E-state index in [0.29, 0.717) is 0 Å². The SMILES string of the molecule is O=S(=O)(C1CC1)N1[C@H]2CC[C@H]1CC(Oc1cccnc1)C2. The molecule has 0 spiro atoms. The molecule has 0 aromatic carbocycles. The lowest BCUT2D eigenvalue weighted by atomic mass is 10.0. The van der Waals surface area contributed by atoms with Crippen molar-refractivity contribution in [1.29, 1.82) is 0 Å². The fourth-order valence-corrected chi connectivity index (χ4v) is 6.03. The van der Waals surface area contributed by atoms with E-state index in [0.717, 1.165) is 44.3 Å². The largest absolute Gasteiger partial charge is 0.489 e. The van der Waals surface area contributed by atoms with Crippen LogP contribution >= 0.6 is 0 Å². The molecule has 21 heavy (non-hydrogen) atoms. The summed E-state index contributed by atoms with van der Waals surface area (Å²) in [5.41, 5.74) is 0. The normalized spacial score (nSPS) is 33.0. The first-order valence-corrected chi connectivity index (χ1v) is 9.24. The predicted octanol–water partition coefficient (Wildman–Crippen LogP) is 1.95. The Balaban J connectivity index is 1.48. The lowest BCUT2D eigenvalue weighted by Crippen LogP contribution is -2.50. The zero-order chi connectivity index (χ0) is 14.4. The van der Waals surface area contributed by atoms with Crippen LogP contribution in [0.4, 0.5) is 0 Å². The Labute approximate surface area is 125 Å². The van der Waals surface area contributed by atoms with E-state index in [1.54, 1.807) is 12.4 Å². The van der Waals surface area contributed by atoms with Crippen molar-refractivity contribution in [2.45, 2.75) is 62.0 Å². The number of rotatable bonds is 4. The molecule has 1 aromatic rings. The van der Waals surface area contributed by atoms with Crippen LogP contribution in [0, 0.1) is 0 Å². The van der Waals surface area contributed by atoms with Gasteiger partial charge in [-0.2, -0.15) is 4.31 Å². The van der Waals surface area contributed by atoms with Gasteiger partial charge in [-0.25, -0.2) is 8.42 Å². The van der Waals surface area contributed by atoms with E-state index in [1.165, 1.54) is 0 Å². The Morgan fingerprint density at radius 2 is 1.86 bits per heavy atom. The molecule has 4 rings (SSSR count). The van der Waals surface area contributed by atoms with E-state index in [2.05, 4.69) is 4.98 Å². The van der Waals surface area contributed by atoms with Crippen LogP contribution in [0.15, 0.2) is 24.5 Å². The quantitative estimate of drug-likeness (QED) is 0.853. The Bertz CT molecular complexity index is 601. The smallest absolute Gasteiger partial charge is 0.217 e. The van der Waals surface area contributed by atoms with Crippen molar-refractivity contribution in [2.24, 2.45) is 0 Å². The minimum absolute atomic E-state index is 0.101. The fraction of sp³-hybridized carbons (Fsp3) is 0.667. The molecule has 2 bridgehead atoms. The summed E-state index contributed by atoms with van der Waals surface area (Å²) in [6, 6.07) is 4.03. The zero-order valence-electron chi connectivity index (χ0n) is 11.9. The van der Waals surface area contributed by atoms with Crippen LogP contribution in [0.2, 0.25) is 0 Å². The van der Waals surface area contributed by atoms with Gasteiger partial charge in [0.2, 0.25) is 10.0 Å². The molecule has 1 aliphatic carbocycles. The van der Waals surface area contributed by atoms with E-state index in [1.807, 2.05) is 16.4 Å². The van der Waals surface area contributed by atoms with Gasteiger partial charge < -0.3 is 4.74 Å². The third kappa shape index (κ3) is 2.44. The van der Waals surface area contributed by atoms with Crippen LogP contribution < -0.4 is 4.74 Å². The average molecular weight is 308 g/mol. The molecule has 2 aliphatic heterocycles. The molecule has 114 valence electrons. The minimum Gasteiger partial charge on any atom is -0.489 e. The number of sulfonamides is 1. The van der Waals surface area contributed by atoms with Crippen molar-refractivity contribution in [1.82, 2.24) is 9.29 Å². The molecule has 1 saturated carbocycles. The minimum atomic E-state index is -3.06. The molecule has 3 aliphatic rings. The molecule has 2 saturated heterocycles. The first-order chi connectivity index (χ1) is 10.1. The maximum Gasteiger partial charge on any atom is 0.217 e. The Hall–Kier alpha value is -1.14. The van der Waals surface area contributed by atoms with E-state index < -0.39 is 10.0 Å². The maximum atomic E-state index is 12.5. The molecule has 1 aromatic heterocycles. The molecule has 0 unspecified atom stereocenters. The van der Waals surface area contributed by atoms with Crippen LogP contribution in [0.25, 0.3) is 0 Å². The Kier molecular flexibility index (Phi) is 3.19. The summed E-state index contributed by atoms with van der Waals surface area (Å²) >= 11 is 0. The number of aromatic nitrogens is 1. The predicted molar refractivity (Wildman–Crippen MR) is 78.5 cm³/mol. The van der Waals surface area contributed by atoms with Crippen LogP contribution in [0.1, 0.15) is 38.5 Å². The standard InChI is InChI=1S/C15H20N2O3S/c18-21(19,15-5-6-15)17-11-3-4-12(17)9-14(8-11)20-13-2-1-7-16-10-13/h1-2,7,10-12,14-15H,3-6,8-9H2/t11-,12-/m0/s1. The highest BCUT2D eigenvalue weighted by Crippen LogP contribution is 2.43. The van der Waals surface area contributed by atoms with Crippen molar-refractivity contribution < 1.29 is 13.2 Å². The highest BCUT2D eigenvalue weighted by Gasteiger charge is 2.51. The molecular weight excluding hydrogens is 288 g/mol. The average Bonchev–Trinajstić information content (AvgIpc) is 3.27. The third-order valence-electron chi connectivity index (χ3n) is 4.80. The summed E-state index contributed by atoms with van der Waals surface area (Å²) < 4.78 is 32.9. The molecule has 0 N–H and O–H groups in total. The molecule has 3 heterocycles. The number of fused-ring (bicyclic) bond motifs is 2. The van der Waals surface area contributed by atoms with Crippen LogP contribution in [-0.4, -0.2) is 41.1 Å². The summed E-state index contributed by atoms with van der Waals surface area (Å²) in [6.07, 6.45) is 8.79. The number of ether oxygens (including phenoxy) is 1. The Morgan fingerprint density at radius 1 is 1.14 bits per heavy atom. The maximum absolute atomic E-state index is 12.5. The number of hydrogen-bond acceptors (Lipinski definition) is 4.